The highest BCUT2D eigenvalue weighted by molar-refractivity contribution is 7.92. The Morgan fingerprint density at radius 1 is 1.22 bits per heavy atom. The summed E-state index contributed by atoms with van der Waals surface area (Å²) in [5, 5.41) is 17.7. The summed E-state index contributed by atoms with van der Waals surface area (Å²) in [6.45, 7) is 1.70. The van der Waals surface area contributed by atoms with E-state index >= 15 is 0 Å². The number of nitriles is 1. The van der Waals surface area contributed by atoms with Gasteiger partial charge < -0.3 is 14.5 Å². The highest BCUT2D eigenvalue weighted by Crippen LogP contribution is 2.41. The van der Waals surface area contributed by atoms with Crippen LogP contribution in [0.15, 0.2) is 65.8 Å². The van der Waals surface area contributed by atoms with E-state index < -0.39 is 21.1 Å². The minimum absolute atomic E-state index is 0.0353. The fourth-order valence-electron chi connectivity index (χ4n) is 4.01. The Bertz CT molecular complexity index is 1480. The first-order chi connectivity index (χ1) is 15.3. The average Bonchev–Trinajstić information content (AvgIpc) is 3.36. The highest BCUT2D eigenvalue weighted by atomic mass is 35.5. The lowest BCUT2D eigenvalue weighted by atomic mass is 10.1. The zero-order valence-corrected chi connectivity index (χ0v) is 18.5. The maximum absolute atomic E-state index is 13.9. The second kappa shape index (κ2) is 8.19. The first-order valence-electron chi connectivity index (χ1n) is 9.62. The van der Waals surface area contributed by atoms with E-state index in [0.29, 0.717) is 33.6 Å². The van der Waals surface area contributed by atoms with Crippen molar-refractivity contribution in [2.75, 3.05) is 0 Å². The molecule has 1 aromatic carbocycles. The first kappa shape index (κ1) is 21.7. The Kier molecular flexibility index (Phi) is 5.55. The number of halogens is 1. The van der Waals surface area contributed by atoms with Gasteiger partial charge in [0, 0.05) is 23.6 Å². The SMILES string of the molecule is Cc1c(CC(=O)O)c2ccc(C#N)cn2c1C(c1ccc[nH]1)S(=O)(=O)c1ccccc1Cl. The zero-order chi connectivity index (χ0) is 23.0. The summed E-state index contributed by atoms with van der Waals surface area (Å²) in [5.41, 5.74) is 2.62. The van der Waals surface area contributed by atoms with Crippen LogP contribution in [0.4, 0.5) is 0 Å². The molecule has 0 aliphatic carbocycles. The molecular weight excluding hydrogens is 450 g/mol. The maximum Gasteiger partial charge on any atom is 0.307 e. The molecule has 0 saturated carbocycles. The molecule has 32 heavy (non-hydrogen) atoms. The number of benzene rings is 1. The van der Waals surface area contributed by atoms with Gasteiger partial charge in [-0.05, 0) is 54.4 Å². The molecule has 0 radical (unpaired) electrons. The third kappa shape index (κ3) is 3.55. The predicted molar refractivity (Wildman–Crippen MR) is 119 cm³/mol. The van der Waals surface area contributed by atoms with Crippen molar-refractivity contribution in [2.45, 2.75) is 23.5 Å². The fraction of sp³-hybridized carbons (Fsp3) is 0.130. The molecule has 0 aliphatic heterocycles. The van der Waals surface area contributed by atoms with Gasteiger partial charge in [0.15, 0.2) is 9.84 Å². The molecule has 0 amide bonds. The second-order valence-corrected chi connectivity index (χ2v) is 9.73. The van der Waals surface area contributed by atoms with E-state index in [2.05, 4.69) is 11.1 Å². The summed E-state index contributed by atoms with van der Waals surface area (Å²) in [7, 11) is -4.07. The van der Waals surface area contributed by atoms with Gasteiger partial charge in [-0.15, -0.1) is 0 Å². The van der Waals surface area contributed by atoms with Gasteiger partial charge in [-0.3, -0.25) is 4.79 Å². The number of carbonyl (C=O) groups is 1. The van der Waals surface area contributed by atoms with Gasteiger partial charge in [0.1, 0.15) is 11.3 Å². The lowest BCUT2D eigenvalue weighted by molar-refractivity contribution is -0.136. The van der Waals surface area contributed by atoms with Gasteiger partial charge in [-0.2, -0.15) is 5.26 Å². The fourth-order valence-corrected chi connectivity index (χ4v) is 6.39. The van der Waals surface area contributed by atoms with Gasteiger partial charge in [0.05, 0.1) is 27.6 Å². The first-order valence-corrected chi connectivity index (χ1v) is 11.5. The molecule has 0 aliphatic rings. The van der Waals surface area contributed by atoms with Crippen molar-refractivity contribution < 1.29 is 18.3 Å². The van der Waals surface area contributed by atoms with Crippen LogP contribution in [0.2, 0.25) is 5.02 Å². The van der Waals surface area contributed by atoms with E-state index in [-0.39, 0.29) is 16.3 Å². The molecule has 9 heteroatoms. The number of pyridine rings is 1. The van der Waals surface area contributed by atoms with Crippen LogP contribution in [0.1, 0.15) is 33.3 Å². The number of fused-ring (bicyclic) bond motifs is 1. The van der Waals surface area contributed by atoms with E-state index in [4.69, 9.17) is 11.6 Å². The number of nitrogens with one attached hydrogen (secondary N) is 1. The lowest BCUT2D eigenvalue weighted by Crippen LogP contribution is -2.19. The summed E-state index contributed by atoms with van der Waals surface area (Å²) in [4.78, 5) is 14.5. The molecule has 3 heterocycles. The quantitative estimate of drug-likeness (QED) is 0.439. The number of sulfone groups is 1. The molecular formula is C23H18ClN3O4S. The number of carboxylic acids is 1. The highest BCUT2D eigenvalue weighted by Gasteiger charge is 2.37. The lowest BCUT2D eigenvalue weighted by Gasteiger charge is -2.19. The molecule has 0 spiro atoms. The smallest absolute Gasteiger partial charge is 0.307 e. The van der Waals surface area contributed by atoms with Crippen molar-refractivity contribution in [1.82, 2.24) is 9.38 Å². The third-order valence-electron chi connectivity index (χ3n) is 5.42. The predicted octanol–water partition coefficient (Wildman–Crippen LogP) is 4.29. The van der Waals surface area contributed by atoms with Crippen LogP contribution in [0.5, 0.6) is 0 Å². The number of nitrogens with zero attached hydrogens (tertiary/aromatic N) is 2. The van der Waals surface area contributed by atoms with Crippen molar-refractivity contribution in [3.8, 4) is 6.07 Å². The van der Waals surface area contributed by atoms with Gasteiger partial charge >= 0.3 is 5.97 Å². The monoisotopic (exact) mass is 467 g/mol. The third-order valence-corrected chi connectivity index (χ3v) is 7.93. The number of rotatable bonds is 6. The molecule has 4 aromatic rings. The number of H-pyrrole nitrogens is 1. The number of aromatic nitrogens is 2. The minimum Gasteiger partial charge on any atom is -0.481 e. The summed E-state index contributed by atoms with van der Waals surface area (Å²) in [6.07, 6.45) is 2.86. The van der Waals surface area contributed by atoms with Gasteiger partial charge in [-0.1, -0.05) is 23.7 Å². The Hall–Kier alpha value is -3.54. The van der Waals surface area contributed by atoms with Crippen LogP contribution < -0.4 is 0 Å². The van der Waals surface area contributed by atoms with Crippen LogP contribution in [0.3, 0.4) is 0 Å². The number of hydrogen-bond acceptors (Lipinski definition) is 4. The molecule has 2 N–H and O–H groups in total. The molecule has 162 valence electrons. The van der Waals surface area contributed by atoms with Gasteiger partial charge in [0.2, 0.25) is 0 Å². The molecule has 0 fully saturated rings. The van der Waals surface area contributed by atoms with Crippen LogP contribution in [-0.4, -0.2) is 28.9 Å². The summed E-state index contributed by atoms with van der Waals surface area (Å²) < 4.78 is 29.5. The topological polar surface area (TPSA) is 115 Å². The van der Waals surface area contributed by atoms with Crippen LogP contribution in [0, 0.1) is 18.3 Å². The Labute approximate surface area is 189 Å². The summed E-state index contributed by atoms with van der Waals surface area (Å²) in [5.74, 6) is -1.04. The van der Waals surface area contributed by atoms with E-state index in [9.17, 15) is 23.6 Å². The van der Waals surface area contributed by atoms with Crippen molar-refractivity contribution in [3.63, 3.8) is 0 Å². The van der Waals surface area contributed by atoms with Crippen LogP contribution in [-0.2, 0) is 21.1 Å². The van der Waals surface area contributed by atoms with Crippen molar-refractivity contribution in [1.29, 1.82) is 5.26 Å². The standard InChI is InChI=1S/C23H18ClN3O4S/c1-14-16(11-21(28)29)19-9-8-15(12-25)13-27(19)22(14)23(18-6-4-10-26-18)32(30,31)20-7-3-2-5-17(20)24/h2-10,13,23,26H,11H2,1H3,(H,28,29). The minimum atomic E-state index is -4.07. The second-order valence-electron chi connectivity index (χ2n) is 7.33. The Balaban J connectivity index is 2.10. The molecule has 0 bridgehead atoms. The summed E-state index contributed by atoms with van der Waals surface area (Å²) >= 11 is 6.26. The van der Waals surface area contributed by atoms with Crippen LogP contribution in [0.25, 0.3) is 5.52 Å². The Morgan fingerprint density at radius 2 is 1.97 bits per heavy atom. The number of aromatic amines is 1. The normalized spacial score (nSPS) is 12.5. The maximum atomic E-state index is 13.9. The molecule has 7 nitrogen and oxygen atoms in total. The van der Waals surface area contributed by atoms with E-state index in [0.717, 1.165) is 0 Å². The molecule has 1 unspecified atom stereocenters. The number of hydrogen-bond donors (Lipinski definition) is 2. The van der Waals surface area contributed by atoms with E-state index in [1.807, 2.05) is 0 Å². The van der Waals surface area contributed by atoms with Gasteiger partial charge in [0.25, 0.3) is 0 Å². The van der Waals surface area contributed by atoms with Crippen LogP contribution >= 0.6 is 11.6 Å². The number of aliphatic carboxylic acids is 1. The summed E-state index contributed by atoms with van der Waals surface area (Å²) in [6, 6.07) is 14.8. The van der Waals surface area contributed by atoms with Crippen molar-refractivity contribution >= 4 is 32.9 Å². The van der Waals surface area contributed by atoms with Gasteiger partial charge in [-0.25, -0.2) is 8.42 Å². The van der Waals surface area contributed by atoms with Crippen molar-refractivity contribution in [3.05, 3.63) is 94.0 Å². The van der Waals surface area contributed by atoms with Crippen molar-refractivity contribution in [2.24, 2.45) is 0 Å². The van der Waals surface area contributed by atoms with E-state index in [1.165, 1.54) is 18.3 Å². The Morgan fingerprint density at radius 3 is 2.59 bits per heavy atom. The van der Waals surface area contributed by atoms with E-state index in [1.54, 1.807) is 53.9 Å². The molecule has 1 atom stereocenters. The largest absolute Gasteiger partial charge is 0.481 e. The molecule has 0 saturated heterocycles. The average molecular weight is 468 g/mol. The molecule has 4 rings (SSSR count). The zero-order valence-electron chi connectivity index (χ0n) is 16.9. The number of carboxylic acid groups (broad SMARTS) is 1. The molecule has 3 aromatic heterocycles.